The summed E-state index contributed by atoms with van der Waals surface area (Å²) in [5, 5.41) is 0. The van der Waals surface area contributed by atoms with E-state index in [9.17, 15) is 0 Å². The minimum Gasteiger partial charge on any atom is -0.327 e. The molecule has 2 atom stereocenters. The first kappa shape index (κ1) is 3.16. The third kappa shape index (κ3) is 0.428. The van der Waals surface area contributed by atoms with Crippen LogP contribution in [0.3, 0.4) is 0 Å². The van der Waals surface area contributed by atoms with Crippen LogP contribution in [0.4, 0.5) is 0 Å². The average Bonchev–Trinajstić information content (AvgIpc) is 1.79. The quantitative estimate of drug-likeness (QED) is 0.438. The van der Waals surface area contributed by atoms with Crippen LogP contribution in [-0.2, 0) is 0 Å². The molecule has 1 aliphatic rings. The molecule has 1 rings (SSSR count). The molecule has 0 heterocycles. The van der Waals surface area contributed by atoms with E-state index >= 15 is 0 Å². The van der Waals surface area contributed by atoms with Crippen molar-refractivity contribution in [1.82, 2.24) is 0 Å². The third-order valence-electron chi connectivity index (χ3n) is 1.17. The third-order valence-corrected chi connectivity index (χ3v) is 1.17. The fraction of sp³-hybridized carbons (Fsp3) is 1.00. The average molecular weight is 71.1 g/mol. The van der Waals surface area contributed by atoms with Crippen molar-refractivity contribution in [3.8, 4) is 0 Å². The highest BCUT2D eigenvalue weighted by Crippen LogP contribution is 2.25. The van der Waals surface area contributed by atoms with Gasteiger partial charge in [-0.15, -0.1) is 0 Å². The van der Waals surface area contributed by atoms with Crippen molar-refractivity contribution in [2.45, 2.75) is 19.4 Å². The molecule has 0 bridgehead atoms. The van der Waals surface area contributed by atoms with Crippen molar-refractivity contribution in [2.75, 3.05) is 0 Å². The lowest BCUT2D eigenvalue weighted by Crippen LogP contribution is -1.98. The molecule has 1 aliphatic carbocycles. The Kier molecular flexibility index (Phi) is 0.453. The van der Waals surface area contributed by atoms with Crippen LogP contribution < -0.4 is 5.73 Å². The van der Waals surface area contributed by atoms with Gasteiger partial charge >= 0.3 is 0 Å². The van der Waals surface area contributed by atoms with Gasteiger partial charge in [0.25, 0.3) is 0 Å². The Labute approximate surface area is 32.2 Å². The van der Waals surface area contributed by atoms with E-state index in [4.69, 9.17) is 5.73 Å². The zero-order valence-electron chi connectivity index (χ0n) is 3.44. The zero-order valence-corrected chi connectivity index (χ0v) is 3.44. The Bertz CT molecular complexity index is 36.9. The molecule has 0 aromatic heterocycles. The van der Waals surface area contributed by atoms with Gasteiger partial charge in [0.05, 0.1) is 0 Å². The fourth-order valence-electron chi connectivity index (χ4n) is 0.351. The second kappa shape index (κ2) is 0.716. The molecular formula is C4H9N. The standard InChI is InChI=1S/C4H9N/c1-3-2-4(3)5/h3-4H,2,5H2,1H3/t3-,4?/m1/s1. The van der Waals surface area contributed by atoms with Crippen LogP contribution in [0.1, 0.15) is 13.3 Å². The van der Waals surface area contributed by atoms with E-state index in [0.717, 1.165) is 5.92 Å². The van der Waals surface area contributed by atoms with E-state index in [2.05, 4.69) is 6.92 Å². The maximum Gasteiger partial charge on any atom is 0.00682 e. The molecule has 1 nitrogen and oxygen atoms in total. The predicted octanol–water partition coefficient (Wildman–Crippen LogP) is 0.354. The molecule has 2 N–H and O–H groups in total. The van der Waals surface area contributed by atoms with Crippen molar-refractivity contribution in [3.63, 3.8) is 0 Å². The van der Waals surface area contributed by atoms with Gasteiger partial charge in [0.2, 0.25) is 0 Å². The molecule has 1 heteroatoms. The molecular weight excluding hydrogens is 62.1 g/mol. The molecule has 1 saturated carbocycles. The smallest absolute Gasteiger partial charge is 0.00682 e. The van der Waals surface area contributed by atoms with Crippen LogP contribution in [0, 0.1) is 5.92 Å². The van der Waals surface area contributed by atoms with Gasteiger partial charge in [0.15, 0.2) is 0 Å². The monoisotopic (exact) mass is 71.1 g/mol. The zero-order chi connectivity index (χ0) is 3.86. The minimum absolute atomic E-state index is 0.551. The molecule has 0 amide bonds. The van der Waals surface area contributed by atoms with Gasteiger partial charge in [-0.05, 0) is 12.3 Å². The lowest BCUT2D eigenvalue weighted by molar-refractivity contribution is 0.895. The molecule has 1 fully saturated rings. The van der Waals surface area contributed by atoms with Crippen LogP contribution in [0.2, 0.25) is 0 Å². The number of hydrogen-bond acceptors (Lipinski definition) is 1. The molecule has 0 aromatic carbocycles. The van der Waals surface area contributed by atoms with Crippen molar-refractivity contribution >= 4 is 0 Å². The molecule has 5 heavy (non-hydrogen) atoms. The lowest BCUT2D eigenvalue weighted by Gasteiger charge is -1.69. The molecule has 0 saturated heterocycles. The summed E-state index contributed by atoms with van der Waals surface area (Å²) in [5.74, 6) is 0.829. The first-order valence-electron chi connectivity index (χ1n) is 2.06. The van der Waals surface area contributed by atoms with Crippen LogP contribution in [0.15, 0.2) is 0 Å². The highest BCUT2D eigenvalue weighted by atomic mass is 14.7. The SMILES string of the molecule is C[C@@H]1CC1N. The van der Waals surface area contributed by atoms with Crippen molar-refractivity contribution < 1.29 is 0 Å². The maximum absolute atomic E-state index is 5.37. The van der Waals surface area contributed by atoms with Gasteiger partial charge in [-0.3, -0.25) is 0 Å². The summed E-state index contributed by atoms with van der Waals surface area (Å²) in [6.07, 6.45) is 1.25. The minimum atomic E-state index is 0.551. The Morgan fingerprint density at radius 1 is 1.80 bits per heavy atom. The number of nitrogens with two attached hydrogens (primary N) is 1. The Balaban J connectivity index is 2.20. The predicted molar refractivity (Wildman–Crippen MR) is 21.8 cm³/mol. The molecule has 0 radical (unpaired) electrons. The highest BCUT2D eigenvalue weighted by Gasteiger charge is 2.27. The van der Waals surface area contributed by atoms with Crippen LogP contribution in [0.25, 0.3) is 0 Å². The normalized spacial score (nSPS) is 49.2. The molecule has 30 valence electrons. The number of rotatable bonds is 0. The van der Waals surface area contributed by atoms with Crippen LogP contribution >= 0.6 is 0 Å². The first-order chi connectivity index (χ1) is 2.30. The Morgan fingerprint density at radius 2 is 2.00 bits per heavy atom. The maximum atomic E-state index is 5.37. The topological polar surface area (TPSA) is 26.0 Å². The van der Waals surface area contributed by atoms with E-state index in [-0.39, 0.29) is 0 Å². The molecule has 0 spiro atoms. The Morgan fingerprint density at radius 3 is 2.00 bits per heavy atom. The van der Waals surface area contributed by atoms with Crippen LogP contribution in [0.5, 0.6) is 0 Å². The van der Waals surface area contributed by atoms with E-state index in [0.29, 0.717) is 6.04 Å². The van der Waals surface area contributed by atoms with E-state index < -0.39 is 0 Å². The van der Waals surface area contributed by atoms with E-state index in [1.54, 1.807) is 0 Å². The lowest BCUT2D eigenvalue weighted by atomic mass is 10.5. The summed E-state index contributed by atoms with van der Waals surface area (Å²) in [6.45, 7) is 2.17. The summed E-state index contributed by atoms with van der Waals surface area (Å²) in [7, 11) is 0. The number of hydrogen-bond donors (Lipinski definition) is 1. The summed E-state index contributed by atoms with van der Waals surface area (Å²) < 4.78 is 0. The van der Waals surface area contributed by atoms with E-state index in [1.165, 1.54) is 6.42 Å². The fourth-order valence-corrected chi connectivity index (χ4v) is 0.351. The van der Waals surface area contributed by atoms with Gasteiger partial charge < -0.3 is 5.73 Å². The van der Waals surface area contributed by atoms with Gasteiger partial charge in [0.1, 0.15) is 0 Å². The Hall–Kier alpha value is -0.0400. The highest BCUT2D eigenvalue weighted by molar-refractivity contribution is 4.85. The molecule has 0 aromatic rings. The summed E-state index contributed by atoms with van der Waals surface area (Å²) >= 11 is 0. The first-order valence-corrected chi connectivity index (χ1v) is 2.06. The largest absolute Gasteiger partial charge is 0.327 e. The van der Waals surface area contributed by atoms with Gasteiger partial charge in [-0.25, -0.2) is 0 Å². The van der Waals surface area contributed by atoms with Crippen molar-refractivity contribution in [1.29, 1.82) is 0 Å². The van der Waals surface area contributed by atoms with Gasteiger partial charge in [0, 0.05) is 6.04 Å². The van der Waals surface area contributed by atoms with E-state index in [1.807, 2.05) is 0 Å². The molecule has 0 aliphatic heterocycles. The second-order valence-corrected chi connectivity index (χ2v) is 1.88. The van der Waals surface area contributed by atoms with Gasteiger partial charge in [-0.2, -0.15) is 0 Å². The summed E-state index contributed by atoms with van der Waals surface area (Å²) in [6, 6.07) is 0.551. The molecule has 1 unspecified atom stereocenters. The van der Waals surface area contributed by atoms with Crippen molar-refractivity contribution in [2.24, 2.45) is 11.7 Å². The van der Waals surface area contributed by atoms with Crippen LogP contribution in [-0.4, -0.2) is 6.04 Å². The van der Waals surface area contributed by atoms with Gasteiger partial charge in [-0.1, -0.05) is 6.92 Å². The second-order valence-electron chi connectivity index (χ2n) is 1.88. The summed E-state index contributed by atoms with van der Waals surface area (Å²) in [4.78, 5) is 0. The summed E-state index contributed by atoms with van der Waals surface area (Å²) in [5.41, 5.74) is 5.37. The van der Waals surface area contributed by atoms with Crippen molar-refractivity contribution in [3.05, 3.63) is 0 Å².